The highest BCUT2D eigenvalue weighted by atomic mass is 31.1. The number of rotatable bonds is 2. The Hall–Kier alpha value is -0.460. The normalized spacial score (nSPS) is 10.8. The molecule has 0 radical (unpaired) electrons. The first-order valence-electron chi connectivity index (χ1n) is 1.50. The Balaban J connectivity index is 3.84. The van der Waals surface area contributed by atoms with Gasteiger partial charge in [0, 0.05) is 0 Å². The summed E-state index contributed by atoms with van der Waals surface area (Å²) >= 11 is 0. The van der Waals surface area contributed by atoms with Crippen molar-refractivity contribution in [1.82, 2.24) is 0 Å². The summed E-state index contributed by atoms with van der Waals surface area (Å²) in [5, 5.41) is 0. The minimum atomic E-state index is -2.24. The third kappa shape index (κ3) is 2.67. The number of hydrogen-bond donors (Lipinski definition) is 0. The molecule has 0 aliphatic rings. The summed E-state index contributed by atoms with van der Waals surface area (Å²) in [5.74, 6) is 0. The van der Waals surface area contributed by atoms with E-state index in [0.29, 0.717) is 0 Å². The maximum absolute atomic E-state index is 9.97. The summed E-state index contributed by atoms with van der Waals surface area (Å²) in [6.45, 7) is 0. The van der Waals surface area contributed by atoms with Gasteiger partial charge < -0.3 is 4.52 Å². The molecule has 0 aliphatic carbocycles. The van der Waals surface area contributed by atoms with Crippen LogP contribution in [-0.4, -0.2) is 12.0 Å². The highest BCUT2D eigenvalue weighted by Gasteiger charge is 2.00. The van der Waals surface area contributed by atoms with Gasteiger partial charge in [-0.3, -0.25) is 4.57 Å². The summed E-state index contributed by atoms with van der Waals surface area (Å²) in [6.07, 6.45) is 2.85. The lowest BCUT2D eigenvalue weighted by Gasteiger charge is -1.78. The molecular weight excluding hydrogens is 150 g/mol. The van der Waals surface area contributed by atoms with Crippen LogP contribution in [0.5, 0.6) is 0 Å². The molecule has 0 aliphatic heterocycles. The van der Waals surface area contributed by atoms with Crippen LogP contribution in [0.2, 0.25) is 0 Å². The van der Waals surface area contributed by atoms with Gasteiger partial charge in [0.05, 0.1) is 0 Å². The van der Waals surface area contributed by atoms with Crippen molar-refractivity contribution in [3.63, 3.8) is 0 Å². The second kappa shape index (κ2) is 3.53. The van der Waals surface area contributed by atoms with Gasteiger partial charge in [0.15, 0.2) is 0 Å². The van der Waals surface area contributed by atoms with E-state index < -0.39 is 21.8 Å². The molecule has 4 nitrogen and oxygen atoms in total. The van der Waals surface area contributed by atoms with E-state index in [1.807, 2.05) is 0 Å². The van der Waals surface area contributed by atoms with E-state index in [2.05, 4.69) is 10.8 Å². The van der Waals surface area contributed by atoms with Crippen molar-refractivity contribution in [3.8, 4) is 0 Å². The van der Waals surface area contributed by atoms with Crippen LogP contribution in [0.3, 0.4) is 0 Å². The van der Waals surface area contributed by atoms with Crippen LogP contribution in [-0.2, 0) is 13.7 Å². The number of carbonyl (C=O) groups excluding carboxylic acids is 1. The van der Waals surface area contributed by atoms with Crippen LogP contribution >= 0.6 is 16.1 Å². The lowest BCUT2D eigenvalue weighted by Crippen LogP contribution is -1.78. The van der Waals surface area contributed by atoms with E-state index >= 15 is 0 Å². The first-order chi connectivity index (χ1) is 3.68. The van der Waals surface area contributed by atoms with Crippen LogP contribution in [0.25, 0.3) is 0 Å². The molecule has 1 atom stereocenters. The Morgan fingerprint density at radius 1 is 1.75 bits per heavy atom. The maximum atomic E-state index is 9.97. The molecule has 0 N–H and O–H groups in total. The van der Waals surface area contributed by atoms with Gasteiger partial charge in [-0.15, -0.1) is 0 Å². The van der Waals surface area contributed by atoms with E-state index in [9.17, 15) is 13.9 Å². The molecule has 0 saturated heterocycles. The summed E-state index contributed by atoms with van der Waals surface area (Å²) in [7, 11) is -3.02. The first kappa shape index (κ1) is 7.54. The van der Waals surface area contributed by atoms with Crippen molar-refractivity contribution >= 4 is 28.1 Å². The molecule has 0 rings (SSSR count). The molecule has 0 amide bonds. The van der Waals surface area contributed by atoms with Crippen molar-refractivity contribution in [3.05, 3.63) is 0 Å². The average Bonchev–Trinajstić information content (AvgIpc) is 1.67. The predicted molar refractivity (Wildman–Crippen MR) is 28.8 cm³/mol. The van der Waals surface area contributed by atoms with Gasteiger partial charge in [-0.2, -0.15) is 0 Å². The fraction of sp³-hybridized carbons (Fsp3) is 0. The van der Waals surface area contributed by atoms with Crippen LogP contribution in [0.4, 0.5) is 4.79 Å². The molecule has 0 aromatic carbocycles. The van der Waals surface area contributed by atoms with E-state index in [1.54, 1.807) is 0 Å². The molecule has 8 heavy (non-hydrogen) atoms. The Kier molecular flexibility index (Phi) is 3.33. The molecule has 1 unspecified atom stereocenters. The van der Waals surface area contributed by atoms with Gasteiger partial charge in [-0.05, 0) is 6.30 Å². The van der Waals surface area contributed by atoms with Gasteiger partial charge in [0.25, 0.3) is 0 Å². The third-order valence-electron chi connectivity index (χ3n) is 0.319. The second-order valence-electron chi connectivity index (χ2n) is 0.810. The van der Waals surface area contributed by atoms with Crippen molar-refractivity contribution in [2.45, 2.75) is 0 Å². The highest BCUT2D eigenvalue weighted by Crippen LogP contribution is 2.11. The number of carbonyl (C=O) groups is 1. The fourth-order valence-electron chi connectivity index (χ4n) is 0.0774. The van der Waals surface area contributed by atoms with Crippen molar-refractivity contribution < 1.29 is 18.4 Å². The molecule has 0 aromatic rings. The molecule has 0 heterocycles. The van der Waals surface area contributed by atoms with Gasteiger partial charge in [-0.1, -0.05) is 0 Å². The lowest BCUT2D eigenvalue weighted by atomic mass is 11.6. The Labute approximate surface area is 47.5 Å². The highest BCUT2D eigenvalue weighted by molar-refractivity contribution is 7.61. The van der Waals surface area contributed by atoms with Crippen molar-refractivity contribution in [2.75, 3.05) is 0 Å². The molecular formula is C2H2O4P2. The zero-order valence-electron chi connectivity index (χ0n) is 3.73. The largest absolute Gasteiger partial charge is 0.401 e. The van der Waals surface area contributed by atoms with Gasteiger partial charge in [0.2, 0.25) is 7.42 Å². The van der Waals surface area contributed by atoms with Gasteiger partial charge >= 0.3 is 14.4 Å². The van der Waals surface area contributed by atoms with Crippen LogP contribution in [0.15, 0.2) is 0 Å². The zero-order chi connectivity index (χ0) is 6.57. The van der Waals surface area contributed by atoms with E-state index in [4.69, 9.17) is 0 Å². The molecule has 0 fully saturated rings. The Morgan fingerprint density at radius 2 is 2.25 bits per heavy atom. The summed E-state index contributed by atoms with van der Waals surface area (Å²) < 4.78 is 23.1. The average molecular weight is 152 g/mol. The minimum absolute atomic E-state index is 0.789. The quantitative estimate of drug-likeness (QED) is 0.563. The molecule has 44 valence electrons. The first-order valence-corrected chi connectivity index (χ1v) is 3.67. The van der Waals surface area contributed by atoms with Crippen LogP contribution in [0, 0.1) is 0 Å². The predicted octanol–water partition coefficient (Wildman–Crippen LogP) is 1.59. The standard InChI is InChI=1S/C2H2O4P2/c1-8(5)2(3)6-7-4/h1H2. The van der Waals surface area contributed by atoms with Crippen molar-refractivity contribution in [2.24, 2.45) is 0 Å². The molecule has 6 heteroatoms. The molecule has 0 spiro atoms. The monoisotopic (exact) mass is 152 g/mol. The Morgan fingerprint density at radius 3 is 2.38 bits per heavy atom. The van der Waals surface area contributed by atoms with Crippen LogP contribution < -0.4 is 0 Å². The molecule has 0 aromatic heterocycles. The van der Waals surface area contributed by atoms with Crippen LogP contribution in [0.1, 0.15) is 0 Å². The zero-order valence-corrected chi connectivity index (χ0v) is 5.52. The smallest absolute Gasteiger partial charge is 0.364 e. The lowest BCUT2D eigenvalue weighted by molar-refractivity contribution is 0.229. The topological polar surface area (TPSA) is 60.4 Å². The van der Waals surface area contributed by atoms with E-state index in [1.165, 1.54) is 0 Å². The summed E-state index contributed by atoms with van der Waals surface area (Å²) in [5.41, 5.74) is -1.04. The minimum Gasteiger partial charge on any atom is -0.364 e. The summed E-state index contributed by atoms with van der Waals surface area (Å²) in [6, 6.07) is 0. The maximum Gasteiger partial charge on any atom is 0.401 e. The van der Waals surface area contributed by atoms with E-state index in [-0.39, 0.29) is 0 Å². The number of hydrogen-bond acceptors (Lipinski definition) is 4. The fourth-order valence-corrected chi connectivity index (χ4v) is 0.605. The molecule has 0 bridgehead atoms. The second-order valence-corrected chi connectivity index (χ2v) is 2.26. The molecule has 0 saturated carbocycles. The van der Waals surface area contributed by atoms with Gasteiger partial charge in [0.1, 0.15) is 0 Å². The van der Waals surface area contributed by atoms with Gasteiger partial charge in [-0.25, -0.2) is 9.36 Å². The van der Waals surface area contributed by atoms with E-state index in [0.717, 1.165) is 0 Å². The SMILES string of the molecule is C=P(=O)C(=O)OP=O. The summed E-state index contributed by atoms with van der Waals surface area (Å²) in [4.78, 5) is 9.97. The third-order valence-corrected chi connectivity index (χ3v) is 1.20. The Bertz CT molecular complexity index is 161. The van der Waals surface area contributed by atoms with Crippen molar-refractivity contribution in [1.29, 1.82) is 0 Å².